The number of ether oxygens (including phenoxy) is 6. The minimum absolute atomic E-state index is 0.0494. The number of aliphatic hydroxyl groups excluding tert-OH is 7. The first-order valence-corrected chi connectivity index (χ1v) is 32.8. The highest BCUT2D eigenvalue weighted by Gasteiger charge is 2.47. The van der Waals surface area contributed by atoms with Gasteiger partial charge in [-0.3, -0.25) is 4.79 Å². The highest BCUT2D eigenvalue weighted by Crippen LogP contribution is 2.27. The molecule has 0 aliphatic carbocycles. The second-order valence-electron chi connectivity index (χ2n) is 22.6. The van der Waals surface area contributed by atoms with E-state index in [-0.39, 0.29) is 19.6 Å². The molecule has 2 rings (SSSR count). The molecule has 0 saturated carbocycles. The zero-order chi connectivity index (χ0) is 60.1. The van der Waals surface area contributed by atoms with Crippen molar-refractivity contribution in [3.8, 4) is 0 Å². The van der Waals surface area contributed by atoms with Crippen molar-refractivity contribution in [2.45, 2.75) is 300 Å². The molecule has 7 N–H and O–H groups in total. The van der Waals surface area contributed by atoms with Crippen LogP contribution in [0.5, 0.6) is 0 Å². The fraction of sp³-hybridized carbons (Fsp3) is 0.754. The number of carbonyl (C=O) groups is 1. The lowest BCUT2D eigenvalue weighted by Gasteiger charge is -2.42. The van der Waals surface area contributed by atoms with Gasteiger partial charge >= 0.3 is 5.97 Å². The summed E-state index contributed by atoms with van der Waals surface area (Å²) < 4.78 is 34.5. The Morgan fingerprint density at radius 1 is 0.410 bits per heavy atom. The third-order valence-corrected chi connectivity index (χ3v) is 15.1. The number of unbranched alkanes of at least 4 members (excludes halogenated alkanes) is 23. The van der Waals surface area contributed by atoms with E-state index < -0.39 is 86.7 Å². The van der Waals surface area contributed by atoms with Crippen LogP contribution in [-0.4, -0.2) is 142 Å². The predicted molar refractivity (Wildman–Crippen MR) is 334 cm³/mol. The van der Waals surface area contributed by atoms with E-state index in [0.29, 0.717) is 13.0 Å². The van der Waals surface area contributed by atoms with Crippen molar-refractivity contribution in [1.29, 1.82) is 0 Å². The summed E-state index contributed by atoms with van der Waals surface area (Å²) in [4.78, 5) is 13.1. The van der Waals surface area contributed by atoms with Crippen LogP contribution in [0.15, 0.2) is 97.2 Å². The van der Waals surface area contributed by atoms with E-state index in [9.17, 15) is 40.5 Å². The van der Waals surface area contributed by atoms with Gasteiger partial charge < -0.3 is 64.2 Å². The van der Waals surface area contributed by atoms with Gasteiger partial charge in [0.2, 0.25) is 0 Å². The van der Waals surface area contributed by atoms with Crippen molar-refractivity contribution in [2.75, 3.05) is 33.0 Å². The van der Waals surface area contributed by atoms with Crippen molar-refractivity contribution >= 4 is 5.97 Å². The predicted octanol–water partition coefficient (Wildman–Crippen LogP) is 13.3. The van der Waals surface area contributed by atoms with Crippen LogP contribution in [-0.2, 0) is 33.2 Å². The van der Waals surface area contributed by atoms with E-state index in [2.05, 4.69) is 111 Å². The third-order valence-electron chi connectivity index (χ3n) is 15.1. The lowest BCUT2D eigenvalue weighted by atomic mass is 9.98. The summed E-state index contributed by atoms with van der Waals surface area (Å²) in [5.74, 6) is -0.392. The van der Waals surface area contributed by atoms with E-state index in [4.69, 9.17) is 28.4 Å². The monoisotopic (exact) mass is 1170 g/mol. The molecule has 478 valence electrons. The number of allylic oxidation sites excluding steroid dienone is 16. The van der Waals surface area contributed by atoms with Crippen molar-refractivity contribution < 1.29 is 69.0 Å². The second kappa shape index (κ2) is 54.3. The molecule has 2 fully saturated rings. The van der Waals surface area contributed by atoms with Gasteiger partial charge in [-0.1, -0.05) is 227 Å². The van der Waals surface area contributed by atoms with Gasteiger partial charge in [0.05, 0.1) is 26.4 Å². The summed E-state index contributed by atoms with van der Waals surface area (Å²) in [6.45, 7) is 3.55. The number of rotatable bonds is 53. The molecule has 0 aromatic heterocycles. The zero-order valence-corrected chi connectivity index (χ0v) is 51.7. The summed E-state index contributed by atoms with van der Waals surface area (Å²) in [6, 6.07) is 0. The van der Waals surface area contributed by atoms with Crippen LogP contribution in [0.25, 0.3) is 0 Å². The molecule has 0 amide bonds. The largest absolute Gasteiger partial charge is 0.457 e. The molecule has 14 heteroatoms. The molecule has 11 atom stereocenters. The van der Waals surface area contributed by atoms with E-state index >= 15 is 0 Å². The average Bonchev–Trinajstić information content (AvgIpc) is 3.67. The third kappa shape index (κ3) is 40.1. The SMILES string of the molecule is CC/C=C\C/C=C\C/C=C\C/C=C\C/C=C\C/C=C\CCCCCCCCC(=O)OC(COCCCCCCCCCCCCCC/C=C\C/C=C\CCCCCCC)COC1OC(COC2OC(CO)C(O)C(O)C2O)C(O)C(O)C1O. The smallest absolute Gasteiger partial charge is 0.306 e. The summed E-state index contributed by atoms with van der Waals surface area (Å²) in [7, 11) is 0. The fourth-order valence-electron chi connectivity index (χ4n) is 9.85. The normalized spacial score (nSPS) is 24.1. The maximum absolute atomic E-state index is 13.1. The van der Waals surface area contributed by atoms with Gasteiger partial charge in [0.25, 0.3) is 0 Å². The Balaban J connectivity index is 1.68. The highest BCUT2D eigenvalue weighted by atomic mass is 16.7. The first kappa shape index (κ1) is 76.0. The molecule has 11 unspecified atom stereocenters. The van der Waals surface area contributed by atoms with Crippen LogP contribution < -0.4 is 0 Å². The Hall–Kier alpha value is -3.09. The van der Waals surface area contributed by atoms with E-state index in [1.807, 2.05) is 0 Å². The molecule has 0 radical (unpaired) electrons. The summed E-state index contributed by atoms with van der Waals surface area (Å²) in [5, 5.41) is 72.6. The summed E-state index contributed by atoms with van der Waals surface area (Å²) >= 11 is 0. The minimum atomic E-state index is -1.72. The fourth-order valence-corrected chi connectivity index (χ4v) is 9.85. The molecule has 0 aromatic carbocycles. The summed E-state index contributed by atoms with van der Waals surface area (Å²) in [5.41, 5.74) is 0. The molecule has 14 nitrogen and oxygen atoms in total. The Labute approximate surface area is 502 Å². The van der Waals surface area contributed by atoms with Crippen LogP contribution >= 0.6 is 0 Å². The number of hydrogen-bond donors (Lipinski definition) is 7. The van der Waals surface area contributed by atoms with E-state index in [1.54, 1.807) is 0 Å². The van der Waals surface area contributed by atoms with Crippen molar-refractivity contribution in [2.24, 2.45) is 0 Å². The van der Waals surface area contributed by atoms with Crippen LogP contribution in [0, 0.1) is 0 Å². The van der Waals surface area contributed by atoms with Gasteiger partial charge in [0.15, 0.2) is 12.6 Å². The average molecular weight is 1170 g/mol. The van der Waals surface area contributed by atoms with Gasteiger partial charge in [-0.2, -0.15) is 0 Å². The van der Waals surface area contributed by atoms with Crippen LogP contribution in [0.2, 0.25) is 0 Å². The number of esters is 1. The van der Waals surface area contributed by atoms with Crippen LogP contribution in [0.1, 0.15) is 232 Å². The van der Waals surface area contributed by atoms with Crippen LogP contribution in [0.4, 0.5) is 0 Å². The molecule has 2 saturated heterocycles. The molecule has 0 spiro atoms. The van der Waals surface area contributed by atoms with Crippen molar-refractivity contribution in [1.82, 2.24) is 0 Å². The summed E-state index contributed by atoms with van der Waals surface area (Å²) in [6.07, 6.45) is 57.5. The minimum Gasteiger partial charge on any atom is -0.457 e. The second-order valence-corrected chi connectivity index (χ2v) is 22.6. The number of carbonyl (C=O) groups excluding carboxylic acids is 1. The maximum Gasteiger partial charge on any atom is 0.306 e. The Morgan fingerprint density at radius 3 is 1.23 bits per heavy atom. The first-order chi connectivity index (χ1) is 40.6. The maximum atomic E-state index is 13.1. The topological polar surface area (TPSA) is 214 Å². The molecule has 0 bridgehead atoms. The molecular formula is C69H118O14. The standard InChI is InChI=1S/C69H118O14/c1-3-5-7-9-11-13-15-17-19-21-23-25-27-29-30-32-34-36-38-40-42-44-46-48-50-52-61(71)81-58(56-79-68-67(77)65(75)63(73)60(83-68)57-80-69-66(76)64(74)62(72)59(54-70)82-69)55-78-53-51-49-47-45-43-41-39-37-35-33-31-28-26-24-22-20-18-16-14-12-10-8-6-4-2/h5,7,11,13,16-19,22-25,29-30,34,36,58-60,62-70,72-77H,3-4,6,8-10,12,14-15,20-21,26-28,31-33,35,37-57H2,1-2H3/b7-5-,13-11-,18-16-,19-17-,24-22-,25-23-,30-29-,36-34-. The molecule has 2 aliphatic rings. The van der Waals surface area contributed by atoms with Gasteiger partial charge in [-0.15, -0.1) is 0 Å². The molecule has 2 heterocycles. The van der Waals surface area contributed by atoms with Crippen LogP contribution in [0.3, 0.4) is 0 Å². The molecule has 0 aromatic rings. The van der Waals surface area contributed by atoms with Gasteiger partial charge in [-0.05, 0) is 96.3 Å². The molecular weight excluding hydrogens is 1050 g/mol. The van der Waals surface area contributed by atoms with E-state index in [1.165, 1.54) is 103 Å². The first-order valence-electron chi connectivity index (χ1n) is 32.8. The zero-order valence-electron chi connectivity index (χ0n) is 51.7. The lowest BCUT2D eigenvalue weighted by molar-refractivity contribution is -0.332. The number of hydrogen-bond acceptors (Lipinski definition) is 14. The number of aliphatic hydroxyl groups is 7. The molecule has 83 heavy (non-hydrogen) atoms. The lowest BCUT2D eigenvalue weighted by Crippen LogP contribution is -2.61. The van der Waals surface area contributed by atoms with Gasteiger partial charge in [-0.25, -0.2) is 0 Å². The quantitative estimate of drug-likeness (QED) is 0.0172. The van der Waals surface area contributed by atoms with Gasteiger partial charge in [0, 0.05) is 13.0 Å². The Bertz CT molecular complexity index is 1740. The Kier molecular flexibility index (Phi) is 49.7. The van der Waals surface area contributed by atoms with Crippen molar-refractivity contribution in [3.05, 3.63) is 97.2 Å². The van der Waals surface area contributed by atoms with Crippen molar-refractivity contribution in [3.63, 3.8) is 0 Å². The highest BCUT2D eigenvalue weighted by molar-refractivity contribution is 5.69. The van der Waals surface area contributed by atoms with Gasteiger partial charge in [0.1, 0.15) is 54.9 Å². The Morgan fingerprint density at radius 2 is 0.783 bits per heavy atom. The molecule has 2 aliphatic heterocycles. The van der Waals surface area contributed by atoms with E-state index in [0.717, 1.165) is 103 Å².